The van der Waals surface area contributed by atoms with Gasteiger partial charge in [0.15, 0.2) is 5.82 Å². The molecule has 0 fully saturated rings. The highest BCUT2D eigenvalue weighted by molar-refractivity contribution is 9.11. The molecule has 1 aromatic carbocycles. The number of rotatable bonds is 6. The minimum Gasteiger partial charge on any atom is -0.470 e. The second-order valence-electron chi connectivity index (χ2n) is 7.49. The minimum atomic E-state index is -0.264. The van der Waals surface area contributed by atoms with E-state index in [0.717, 1.165) is 26.1 Å². The van der Waals surface area contributed by atoms with Crippen molar-refractivity contribution in [3.8, 4) is 11.7 Å². The fraction of sp³-hybridized carbons (Fsp3) is 0.227. The lowest BCUT2D eigenvalue weighted by Crippen LogP contribution is -2.10. The molecule has 0 saturated carbocycles. The summed E-state index contributed by atoms with van der Waals surface area (Å²) in [5.74, 6) is 1.66. The molecule has 0 aliphatic heterocycles. The number of nitrogens with two attached hydrogens (primary N) is 1. The van der Waals surface area contributed by atoms with Crippen LogP contribution in [0.4, 0.5) is 10.3 Å². The fourth-order valence-corrected chi connectivity index (χ4v) is 4.83. The third-order valence-electron chi connectivity index (χ3n) is 5.05. The average molecular weight is 528 g/mol. The van der Waals surface area contributed by atoms with Gasteiger partial charge in [-0.15, -0.1) is 16.4 Å². The summed E-state index contributed by atoms with van der Waals surface area (Å²) in [7, 11) is 0. The highest BCUT2D eigenvalue weighted by Gasteiger charge is 2.19. The summed E-state index contributed by atoms with van der Waals surface area (Å²) in [5, 5.41) is 5.12. The molecule has 0 amide bonds. The van der Waals surface area contributed by atoms with Crippen LogP contribution < -0.4 is 10.5 Å². The lowest BCUT2D eigenvalue weighted by atomic mass is 10.0. The van der Waals surface area contributed by atoms with Gasteiger partial charge in [-0.25, -0.2) is 14.4 Å². The van der Waals surface area contributed by atoms with Crippen LogP contribution in [-0.4, -0.2) is 29.7 Å². The molecule has 4 aromatic rings. The summed E-state index contributed by atoms with van der Waals surface area (Å²) in [6.07, 6.45) is 3.10. The Balaban J connectivity index is 1.40. The van der Waals surface area contributed by atoms with E-state index in [2.05, 4.69) is 41.0 Å². The van der Waals surface area contributed by atoms with Gasteiger partial charge in [-0.1, -0.05) is 28.1 Å². The maximum Gasteiger partial charge on any atom is 0.240 e. The molecule has 168 valence electrons. The molecule has 0 bridgehead atoms. The first kappa shape index (κ1) is 21.7. The number of aryl methyl sites for hydroxylation is 1. The Morgan fingerprint density at radius 3 is 2.85 bits per heavy atom. The summed E-state index contributed by atoms with van der Waals surface area (Å²) < 4.78 is 23.8. The number of hydrogen-bond donors (Lipinski definition) is 1. The summed E-state index contributed by atoms with van der Waals surface area (Å²) >= 11 is 4.93. The topological polar surface area (TPSA) is 105 Å². The highest BCUT2D eigenvalue weighted by Crippen LogP contribution is 2.30. The highest BCUT2D eigenvalue weighted by atomic mass is 79.9. The van der Waals surface area contributed by atoms with Gasteiger partial charge in [0.05, 0.1) is 10.2 Å². The fourth-order valence-electron chi connectivity index (χ4n) is 3.55. The molecular formula is C22H19BrFN7OS. The number of hydrogen-bond acceptors (Lipinski definition) is 8. The summed E-state index contributed by atoms with van der Waals surface area (Å²) in [6.45, 7) is 2.04. The van der Waals surface area contributed by atoms with Crippen LogP contribution in [0.25, 0.3) is 16.0 Å². The molecular weight excluding hydrogens is 509 g/mol. The van der Waals surface area contributed by atoms with Gasteiger partial charge in [-0.2, -0.15) is 14.6 Å². The van der Waals surface area contributed by atoms with Crippen molar-refractivity contribution in [3.63, 3.8) is 0 Å². The van der Waals surface area contributed by atoms with Gasteiger partial charge in [-0.05, 0) is 48.0 Å². The molecule has 1 aliphatic carbocycles. The first-order chi connectivity index (χ1) is 15.9. The standard InChI is InChI=1S/C22H19BrFN7OS/c1-12-26-19(10-20(27-12)32-11-21-28-16-4-2-3-5-17(16)33-21)31-18(29-22(25)30-31)8-13-6-7-14(23)9-15(13)24/h2-5,9-10H,6-8,11H2,1H3,(H2,25,30). The third kappa shape index (κ3) is 4.79. The van der Waals surface area contributed by atoms with E-state index >= 15 is 0 Å². The van der Waals surface area contributed by atoms with Crippen molar-refractivity contribution >= 4 is 43.4 Å². The number of halogens is 2. The number of nitrogen functional groups attached to an aromatic ring is 1. The monoisotopic (exact) mass is 527 g/mol. The lowest BCUT2D eigenvalue weighted by molar-refractivity contribution is 0.292. The summed E-state index contributed by atoms with van der Waals surface area (Å²) in [4.78, 5) is 17.7. The number of anilines is 1. The van der Waals surface area contributed by atoms with E-state index in [4.69, 9.17) is 10.5 Å². The predicted molar refractivity (Wildman–Crippen MR) is 128 cm³/mol. The van der Waals surface area contributed by atoms with E-state index in [0.29, 0.717) is 35.3 Å². The molecule has 3 aromatic heterocycles. The second-order valence-corrected chi connectivity index (χ2v) is 9.63. The van der Waals surface area contributed by atoms with Gasteiger partial charge in [0.25, 0.3) is 0 Å². The number of nitrogens with zero attached hydrogens (tertiary/aromatic N) is 6. The van der Waals surface area contributed by atoms with Crippen LogP contribution in [0.2, 0.25) is 0 Å². The van der Waals surface area contributed by atoms with E-state index in [1.165, 1.54) is 10.8 Å². The van der Waals surface area contributed by atoms with Crippen molar-refractivity contribution in [2.45, 2.75) is 32.8 Å². The van der Waals surface area contributed by atoms with Crippen LogP contribution in [0.3, 0.4) is 0 Å². The number of allylic oxidation sites excluding steroid dienone is 4. The zero-order chi connectivity index (χ0) is 22.9. The van der Waals surface area contributed by atoms with Gasteiger partial charge < -0.3 is 10.5 Å². The number of benzene rings is 1. The van der Waals surface area contributed by atoms with Crippen LogP contribution in [0.15, 0.2) is 52.3 Å². The Labute approximate surface area is 201 Å². The molecule has 2 N–H and O–H groups in total. The molecule has 0 atom stereocenters. The number of thiazole rings is 1. The number of ether oxygens (including phenoxy) is 1. The maximum atomic E-state index is 14.4. The van der Waals surface area contributed by atoms with E-state index in [1.807, 2.05) is 24.3 Å². The molecule has 5 rings (SSSR count). The second kappa shape index (κ2) is 8.99. The van der Waals surface area contributed by atoms with Gasteiger partial charge in [-0.3, -0.25) is 0 Å². The SMILES string of the molecule is Cc1nc(OCc2nc3ccccc3s2)cc(-n2nc(N)nc2CC2=C(F)C=C(Br)CC2)n1. The number of fused-ring (bicyclic) bond motifs is 1. The van der Waals surface area contributed by atoms with Gasteiger partial charge in [0.2, 0.25) is 11.8 Å². The van der Waals surface area contributed by atoms with Crippen molar-refractivity contribution in [1.29, 1.82) is 0 Å². The van der Waals surface area contributed by atoms with Gasteiger partial charge in [0.1, 0.15) is 29.1 Å². The van der Waals surface area contributed by atoms with Crippen molar-refractivity contribution in [2.24, 2.45) is 0 Å². The maximum absolute atomic E-state index is 14.4. The van der Waals surface area contributed by atoms with Crippen molar-refractivity contribution in [2.75, 3.05) is 5.73 Å². The lowest BCUT2D eigenvalue weighted by Gasteiger charge is -2.13. The van der Waals surface area contributed by atoms with Crippen molar-refractivity contribution in [1.82, 2.24) is 29.7 Å². The molecule has 1 aliphatic rings. The van der Waals surface area contributed by atoms with E-state index in [9.17, 15) is 4.39 Å². The zero-order valence-electron chi connectivity index (χ0n) is 17.6. The molecule has 0 saturated heterocycles. The van der Waals surface area contributed by atoms with Crippen LogP contribution in [-0.2, 0) is 13.0 Å². The van der Waals surface area contributed by atoms with E-state index in [-0.39, 0.29) is 24.8 Å². The Bertz CT molecular complexity index is 1380. The van der Waals surface area contributed by atoms with E-state index in [1.54, 1.807) is 24.3 Å². The minimum absolute atomic E-state index is 0.0896. The Morgan fingerprint density at radius 2 is 2.03 bits per heavy atom. The summed E-state index contributed by atoms with van der Waals surface area (Å²) in [6, 6.07) is 9.60. The van der Waals surface area contributed by atoms with Gasteiger partial charge >= 0.3 is 0 Å². The van der Waals surface area contributed by atoms with Crippen LogP contribution >= 0.6 is 27.3 Å². The normalized spacial score (nSPS) is 14.1. The van der Waals surface area contributed by atoms with Gasteiger partial charge in [0, 0.05) is 12.5 Å². The first-order valence-corrected chi connectivity index (χ1v) is 11.8. The van der Waals surface area contributed by atoms with Crippen LogP contribution in [0.1, 0.15) is 29.5 Å². The summed E-state index contributed by atoms with van der Waals surface area (Å²) in [5.41, 5.74) is 7.46. The molecule has 11 heteroatoms. The Hall–Kier alpha value is -3.18. The average Bonchev–Trinajstić information content (AvgIpc) is 3.36. The first-order valence-electron chi connectivity index (χ1n) is 10.2. The van der Waals surface area contributed by atoms with Crippen LogP contribution in [0.5, 0.6) is 5.88 Å². The largest absolute Gasteiger partial charge is 0.470 e. The zero-order valence-corrected chi connectivity index (χ0v) is 20.0. The van der Waals surface area contributed by atoms with Crippen LogP contribution in [0, 0.1) is 6.92 Å². The third-order valence-corrected chi connectivity index (χ3v) is 6.68. The molecule has 8 nitrogen and oxygen atoms in total. The molecule has 0 unspecified atom stereocenters. The van der Waals surface area contributed by atoms with E-state index < -0.39 is 0 Å². The molecule has 3 heterocycles. The molecule has 33 heavy (non-hydrogen) atoms. The Kier molecular flexibility index (Phi) is 5.90. The molecule has 0 radical (unpaired) electrons. The molecule has 0 spiro atoms. The number of para-hydroxylation sites is 1. The van der Waals surface area contributed by atoms with Crippen molar-refractivity contribution in [3.05, 3.63) is 68.9 Å². The quantitative estimate of drug-likeness (QED) is 0.377. The number of aromatic nitrogens is 6. The predicted octanol–water partition coefficient (Wildman–Crippen LogP) is 4.98. The Morgan fingerprint density at radius 1 is 1.18 bits per heavy atom. The van der Waals surface area contributed by atoms with Crippen molar-refractivity contribution < 1.29 is 9.13 Å². The smallest absolute Gasteiger partial charge is 0.240 e.